The summed E-state index contributed by atoms with van der Waals surface area (Å²) in [6.07, 6.45) is 4.79. The van der Waals surface area contributed by atoms with Crippen molar-refractivity contribution in [2.24, 2.45) is 0 Å². The third-order valence-corrected chi connectivity index (χ3v) is 10.5. The van der Waals surface area contributed by atoms with Crippen LogP contribution in [0, 0.1) is 0 Å². The first kappa shape index (κ1) is 34.0. The largest absolute Gasteiger partial charge is 0.397 e. The number of aromatic nitrogens is 2. The number of piperidine rings is 1. The van der Waals surface area contributed by atoms with Crippen molar-refractivity contribution in [2.75, 3.05) is 44.8 Å². The Balaban J connectivity index is 1.23. The zero-order valence-corrected chi connectivity index (χ0v) is 30.5. The van der Waals surface area contributed by atoms with Crippen molar-refractivity contribution in [3.63, 3.8) is 0 Å². The van der Waals surface area contributed by atoms with E-state index in [0.29, 0.717) is 44.6 Å². The molecule has 1 atom stereocenters. The first-order chi connectivity index (χ1) is 23.2. The summed E-state index contributed by atoms with van der Waals surface area (Å²) < 4.78 is 3.84. The maximum absolute atomic E-state index is 14.0. The lowest BCUT2D eigenvalue weighted by Gasteiger charge is -2.40. The summed E-state index contributed by atoms with van der Waals surface area (Å²) in [6.45, 7) is 3.37. The molecule has 0 bridgehead atoms. The Hall–Kier alpha value is -3.87. The van der Waals surface area contributed by atoms with Crippen LogP contribution in [0.25, 0.3) is 11.3 Å². The minimum absolute atomic E-state index is 0.0618. The van der Waals surface area contributed by atoms with Crippen LogP contribution < -0.4 is 16.4 Å². The Bertz CT molecular complexity index is 1730. The van der Waals surface area contributed by atoms with E-state index in [-0.39, 0.29) is 18.1 Å². The molecule has 1 saturated heterocycles. The maximum atomic E-state index is 14.0. The summed E-state index contributed by atoms with van der Waals surface area (Å²) in [7, 11) is 4.15. The van der Waals surface area contributed by atoms with Gasteiger partial charge in [-0.05, 0) is 107 Å². The molecule has 6 rings (SSSR count). The number of amides is 4. The molecule has 2 aliphatic heterocycles. The minimum atomic E-state index is -0.404. The molecule has 0 radical (unpaired) electrons. The van der Waals surface area contributed by atoms with Gasteiger partial charge in [-0.25, -0.2) is 14.6 Å². The lowest BCUT2D eigenvalue weighted by Crippen LogP contribution is -2.53. The molecule has 252 valence electrons. The molecule has 48 heavy (non-hydrogen) atoms. The number of halogens is 2. The van der Waals surface area contributed by atoms with Crippen molar-refractivity contribution >= 4 is 55.3 Å². The van der Waals surface area contributed by atoms with Gasteiger partial charge in [-0.3, -0.25) is 0 Å². The van der Waals surface area contributed by atoms with E-state index in [4.69, 9.17) is 10.7 Å². The minimum Gasteiger partial charge on any atom is -0.397 e. The quantitative estimate of drug-likeness (QED) is 0.149. The second-order valence-electron chi connectivity index (χ2n) is 12.8. The first-order valence-electron chi connectivity index (χ1n) is 16.4. The third kappa shape index (κ3) is 7.71. The van der Waals surface area contributed by atoms with Crippen molar-refractivity contribution in [3.05, 3.63) is 98.8 Å². The fourth-order valence-electron chi connectivity index (χ4n) is 6.62. The lowest BCUT2D eigenvalue weighted by atomic mass is 10.0. The van der Waals surface area contributed by atoms with E-state index in [1.807, 2.05) is 64.5 Å². The van der Waals surface area contributed by atoms with Gasteiger partial charge in [-0.2, -0.15) is 0 Å². The third-order valence-electron chi connectivity index (χ3n) is 9.18. The Morgan fingerprint density at radius 3 is 2.46 bits per heavy atom. The maximum Gasteiger partial charge on any atom is 0.322 e. The van der Waals surface area contributed by atoms with Crippen LogP contribution in [-0.2, 0) is 19.5 Å². The average molecular weight is 779 g/mol. The van der Waals surface area contributed by atoms with Crippen LogP contribution >= 0.6 is 31.9 Å². The summed E-state index contributed by atoms with van der Waals surface area (Å²) in [5, 5.41) is 6.39. The number of anilines is 2. The SMILES string of the molecule is CN(C)CCCn1c(-c2ccccc2)cnc1C(Cc1cc(Br)c(N)c(Br)c1)NC(=O)N1CCC(N2Cc3ccccc3NC2=O)CC1. The molecular weight excluding hydrogens is 736 g/mol. The van der Waals surface area contributed by atoms with E-state index in [1.54, 1.807) is 0 Å². The van der Waals surface area contributed by atoms with Gasteiger partial charge in [0, 0.05) is 53.3 Å². The summed E-state index contributed by atoms with van der Waals surface area (Å²) >= 11 is 7.19. The van der Waals surface area contributed by atoms with Gasteiger partial charge >= 0.3 is 12.1 Å². The Labute approximate surface area is 298 Å². The number of hydrogen-bond donors (Lipinski definition) is 3. The monoisotopic (exact) mass is 776 g/mol. The molecule has 2 aliphatic rings. The first-order valence-corrected chi connectivity index (χ1v) is 18.0. The second kappa shape index (κ2) is 15.1. The molecule has 10 nitrogen and oxygen atoms in total. The van der Waals surface area contributed by atoms with Gasteiger partial charge in [-0.1, -0.05) is 48.5 Å². The van der Waals surface area contributed by atoms with Gasteiger partial charge in [0.05, 0.1) is 23.6 Å². The number of benzene rings is 3. The van der Waals surface area contributed by atoms with Crippen LogP contribution in [-0.4, -0.2) is 76.1 Å². The number of likely N-dealkylation sites (tertiary alicyclic amines) is 1. The smallest absolute Gasteiger partial charge is 0.322 e. The number of nitrogens with two attached hydrogens (primary N) is 1. The summed E-state index contributed by atoms with van der Waals surface area (Å²) in [5.41, 5.74) is 11.9. The predicted octanol–water partition coefficient (Wildman–Crippen LogP) is 7.11. The van der Waals surface area contributed by atoms with Gasteiger partial charge < -0.3 is 35.6 Å². The lowest BCUT2D eigenvalue weighted by molar-refractivity contribution is 0.127. The Morgan fingerprint density at radius 1 is 1.06 bits per heavy atom. The number of carbonyl (C=O) groups is 2. The zero-order chi connectivity index (χ0) is 33.8. The van der Waals surface area contributed by atoms with Gasteiger partial charge in [-0.15, -0.1) is 0 Å². The van der Waals surface area contributed by atoms with Crippen LogP contribution in [0.3, 0.4) is 0 Å². The van der Waals surface area contributed by atoms with E-state index in [9.17, 15) is 9.59 Å². The zero-order valence-electron chi connectivity index (χ0n) is 27.3. The number of rotatable bonds is 10. The van der Waals surface area contributed by atoms with E-state index in [0.717, 1.165) is 62.4 Å². The predicted molar refractivity (Wildman–Crippen MR) is 198 cm³/mol. The molecule has 1 unspecified atom stereocenters. The second-order valence-corrected chi connectivity index (χ2v) is 14.5. The number of nitrogen functional groups attached to an aromatic ring is 1. The summed E-state index contributed by atoms with van der Waals surface area (Å²) in [4.78, 5) is 37.9. The van der Waals surface area contributed by atoms with Gasteiger partial charge in [0.25, 0.3) is 0 Å². The standard InChI is InChI=1S/C36H42Br2N8O2/c1-43(2)15-8-16-45-32(25-9-4-3-5-10-25)22-40-34(45)31(21-24-19-28(37)33(39)29(38)20-24)42-35(47)44-17-13-27(14-18-44)46-23-26-11-6-7-12-30(26)41-36(46)48/h3-7,9-12,19-20,22,27,31H,8,13-18,21,23,39H2,1-2H3,(H,41,48)(H,42,47). The van der Waals surface area contributed by atoms with Gasteiger partial charge in [0.2, 0.25) is 0 Å². The Morgan fingerprint density at radius 2 is 1.75 bits per heavy atom. The van der Waals surface area contributed by atoms with Crippen molar-refractivity contribution in [2.45, 2.75) is 50.9 Å². The number of hydrogen-bond acceptors (Lipinski definition) is 5. The van der Waals surface area contributed by atoms with Crippen molar-refractivity contribution in [1.29, 1.82) is 0 Å². The Kier molecular flexibility index (Phi) is 10.7. The van der Waals surface area contributed by atoms with Crippen molar-refractivity contribution in [3.8, 4) is 11.3 Å². The fourth-order valence-corrected chi connectivity index (χ4v) is 7.90. The number of nitrogens with one attached hydrogen (secondary N) is 2. The molecule has 4 N–H and O–H groups in total. The number of urea groups is 2. The normalized spacial score (nSPS) is 15.7. The van der Waals surface area contributed by atoms with Crippen molar-refractivity contribution in [1.82, 2.24) is 29.6 Å². The van der Waals surface area contributed by atoms with Crippen LogP contribution in [0.15, 0.2) is 81.9 Å². The summed E-state index contributed by atoms with van der Waals surface area (Å²) in [6, 6.07) is 21.6. The van der Waals surface area contributed by atoms with E-state index in [1.165, 1.54) is 0 Å². The number of imidazole rings is 1. The van der Waals surface area contributed by atoms with Crippen LogP contribution in [0.2, 0.25) is 0 Å². The topological polar surface area (TPSA) is 112 Å². The molecule has 0 spiro atoms. The molecule has 1 aromatic heterocycles. The molecule has 3 aromatic carbocycles. The molecule has 1 fully saturated rings. The highest BCUT2D eigenvalue weighted by molar-refractivity contribution is 9.11. The molecule has 4 aromatic rings. The van der Waals surface area contributed by atoms with Gasteiger partial charge in [0.1, 0.15) is 5.82 Å². The highest BCUT2D eigenvalue weighted by Crippen LogP contribution is 2.33. The highest BCUT2D eigenvalue weighted by atomic mass is 79.9. The van der Waals surface area contributed by atoms with E-state index >= 15 is 0 Å². The molecule has 0 aliphatic carbocycles. The van der Waals surface area contributed by atoms with Crippen LogP contribution in [0.1, 0.15) is 42.3 Å². The van der Waals surface area contributed by atoms with Crippen LogP contribution in [0.5, 0.6) is 0 Å². The van der Waals surface area contributed by atoms with E-state index < -0.39 is 6.04 Å². The molecular formula is C36H42Br2N8O2. The molecule has 0 saturated carbocycles. The molecule has 3 heterocycles. The number of carbonyl (C=O) groups excluding carboxylic acids is 2. The highest BCUT2D eigenvalue weighted by Gasteiger charge is 2.33. The van der Waals surface area contributed by atoms with E-state index in [2.05, 4.69) is 84.3 Å². The van der Waals surface area contributed by atoms with Crippen LogP contribution in [0.4, 0.5) is 21.0 Å². The number of para-hydroxylation sites is 1. The molecule has 4 amide bonds. The van der Waals surface area contributed by atoms with Crippen molar-refractivity contribution < 1.29 is 9.59 Å². The van der Waals surface area contributed by atoms with Gasteiger partial charge in [0.15, 0.2) is 0 Å². The number of nitrogens with zero attached hydrogens (tertiary/aromatic N) is 5. The summed E-state index contributed by atoms with van der Waals surface area (Å²) in [5.74, 6) is 0.809. The fraction of sp³-hybridized carbons (Fsp3) is 0.361. The number of fused-ring (bicyclic) bond motifs is 1. The molecule has 12 heteroatoms. The average Bonchev–Trinajstić information content (AvgIpc) is 3.50.